The zero-order chi connectivity index (χ0) is 20.4. The zero-order valence-electron chi connectivity index (χ0n) is 15.4. The van der Waals surface area contributed by atoms with Crippen LogP contribution in [0.3, 0.4) is 0 Å². The fraction of sp³-hybridized carbons (Fsp3) is 0.471. The van der Waals surface area contributed by atoms with E-state index >= 15 is 0 Å². The second kappa shape index (κ2) is 10.9. The molecule has 27 heavy (non-hydrogen) atoms. The number of likely N-dealkylation sites (N-methyl/N-ethyl adjacent to an activating group) is 2. The van der Waals surface area contributed by atoms with Gasteiger partial charge in [-0.1, -0.05) is 0 Å². The van der Waals surface area contributed by atoms with Crippen LogP contribution in [0.15, 0.2) is 18.2 Å². The Morgan fingerprint density at radius 1 is 1.15 bits per heavy atom. The quantitative estimate of drug-likeness (QED) is 0.625. The highest BCUT2D eigenvalue weighted by Gasteiger charge is 2.18. The maximum absolute atomic E-state index is 12.3. The van der Waals surface area contributed by atoms with Crippen LogP contribution in [0.4, 0.5) is 8.78 Å². The SMILES string of the molecule is CCNC(=O)CN(CC)C(=O)CNC(=O)c1ccc(OC(F)F)c(OC)c1. The van der Waals surface area contributed by atoms with Crippen LogP contribution in [-0.4, -0.2) is 62.5 Å². The number of alkyl halides is 2. The van der Waals surface area contributed by atoms with Gasteiger partial charge in [-0.3, -0.25) is 14.4 Å². The van der Waals surface area contributed by atoms with Crippen LogP contribution in [0.25, 0.3) is 0 Å². The third kappa shape index (κ3) is 7.08. The Kier molecular flexibility index (Phi) is 8.97. The molecule has 0 fully saturated rings. The van der Waals surface area contributed by atoms with E-state index in [1.165, 1.54) is 30.2 Å². The van der Waals surface area contributed by atoms with E-state index in [0.717, 1.165) is 0 Å². The number of carbonyl (C=O) groups is 3. The van der Waals surface area contributed by atoms with E-state index in [0.29, 0.717) is 13.1 Å². The Balaban J connectivity index is 2.70. The molecule has 0 bridgehead atoms. The van der Waals surface area contributed by atoms with Gasteiger partial charge in [0.25, 0.3) is 5.91 Å². The normalized spacial score (nSPS) is 10.3. The fourth-order valence-corrected chi connectivity index (χ4v) is 2.17. The standard InChI is InChI=1S/C17H23F2N3O5/c1-4-20-14(23)10-22(5-2)15(24)9-21-16(25)11-6-7-12(27-17(18)19)13(8-11)26-3/h6-8,17H,4-5,9-10H2,1-3H3,(H,20,23)(H,21,25). The topological polar surface area (TPSA) is 97.0 Å². The number of halogens is 2. The van der Waals surface area contributed by atoms with Gasteiger partial charge in [0, 0.05) is 18.7 Å². The van der Waals surface area contributed by atoms with E-state index < -0.39 is 18.4 Å². The second-order valence-electron chi connectivity index (χ2n) is 5.29. The van der Waals surface area contributed by atoms with Crippen molar-refractivity contribution in [2.24, 2.45) is 0 Å². The Bertz CT molecular complexity index is 670. The van der Waals surface area contributed by atoms with Crippen LogP contribution in [0.1, 0.15) is 24.2 Å². The summed E-state index contributed by atoms with van der Waals surface area (Å²) in [6, 6.07) is 3.67. The predicted octanol–water partition coefficient (Wildman–Crippen LogP) is 1.01. The number of benzene rings is 1. The second-order valence-corrected chi connectivity index (χ2v) is 5.29. The number of methoxy groups -OCH3 is 1. The fourth-order valence-electron chi connectivity index (χ4n) is 2.17. The molecule has 8 nitrogen and oxygen atoms in total. The summed E-state index contributed by atoms with van der Waals surface area (Å²) in [5.74, 6) is -1.57. The summed E-state index contributed by atoms with van der Waals surface area (Å²) >= 11 is 0. The molecule has 0 aromatic heterocycles. The van der Waals surface area contributed by atoms with Gasteiger partial charge in [-0.2, -0.15) is 8.78 Å². The molecular formula is C17H23F2N3O5. The summed E-state index contributed by atoms with van der Waals surface area (Å²) in [6.07, 6.45) is 0. The van der Waals surface area contributed by atoms with E-state index in [9.17, 15) is 23.2 Å². The van der Waals surface area contributed by atoms with Gasteiger partial charge in [0.1, 0.15) is 0 Å². The Morgan fingerprint density at radius 3 is 2.41 bits per heavy atom. The summed E-state index contributed by atoms with van der Waals surface area (Å²) in [5.41, 5.74) is 0.105. The molecule has 0 aliphatic heterocycles. The Hall–Kier alpha value is -2.91. The molecule has 0 atom stereocenters. The number of carbonyl (C=O) groups excluding carboxylic acids is 3. The molecule has 0 heterocycles. The van der Waals surface area contributed by atoms with Gasteiger partial charge >= 0.3 is 6.61 Å². The molecular weight excluding hydrogens is 364 g/mol. The van der Waals surface area contributed by atoms with E-state index in [1.54, 1.807) is 13.8 Å². The highest BCUT2D eigenvalue weighted by atomic mass is 19.3. The lowest BCUT2D eigenvalue weighted by Gasteiger charge is -2.20. The van der Waals surface area contributed by atoms with Gasteiger partial charge in [-0.15, -0.1) is 0 Å². The van der Waals surface area contributed by atoms with Crippen LogP contribution in [0.5, 0.6) is 11.5 Å². The van der Waals surface area contributed by atoms with Crippen molar-refractivity contribution in [3.05, 3.63) is 23.8 Å². The minimum Gasteiger partial charge on any atom is -0.493 e. The van der Waals surface area contributed by atoms with E-state index in [1.807, 2.05) is 0 Å². The molecule has 0 unspecified atom stereocenters. The summed E-state index contributed by atoms with van der Waals surface area (Å²) in [6.45, 7) is 0.790. The number of amides is 3. The first kappa shape index (κ1) is 22.1. The Morgan fingerprint density at radius 2 is 1.85 bits per heavy atom. The van der Waals surface area contributed by atoms with E-state index in [-0.39, 0.29) is 36.1 Å². The van der Waals surface area contributed by atoms with Crippen molar-refractivity contribution in [3.8, 4) is 11.5 Å². The maximum atomic E-state index is 12.3. The van der Waals surface area contributed by atoms with Crippen molar-refractivity contribution >= 4 is 17.7 Å². The molecule has 0 saturated heterocycles. The largest absolute Gasteiger partial charge is 0.493 e. The van der Waals surface area contributed by atoms with E-state index in [2.05, 4.69) is 15.4 Å². The van der Waals surface area contributed by atoms with Gasteiger partial charge in [0.15, 0.2) is 11.5 Å². The first-order chi connectivity index (χ1) is 12.8. The summed E-state index contributed by atoms with van der Waals surface area (Å²) in [7, 11) is 1.25. The molecule has 0 aliphatic carbocycles. The molecule has 0 radical (unpaired) electrons. The number of hydrogen-bond acceptors (Lipinski definition) is 5. The summed E-state index contributed by atoms with van der Waals surface area (Å²) in [5, 5.41) is 5.01. The number of hydrogen-bond donors (Lipinski definition) is 2. The molecule has 1 aromatic rings. The highest BCUT2D eigenvalue weighted by molar-refractivity contribution is 5.97. The van der Waals surface area contributed by atoms with Crippen LogP contribution < -0.4 is 20.1 Å². The van der Waals surface area contributed by atoms with Gasteiger partial charge < -0.3 is 25.0 Å². The minimum absolute atomic E-state index is 0.0410. The van der Waals surface area contributed by atoms with Crippen LogP contribution in [-0.2, 0) is 9.59 Å². The molecule has 2 N–H and O–H groups in total. The molecule has 0 spiro atoms. The molecule has 1 aromatic carbocycles. The van der Waals surface area contributed by atoms with Gasteiger partial charge in [0.05, 0.1) is 20.2 Å². The lowest BCUT2D eigenvalue weighted by molar-refractivity contribution is -0.135. The smallest absolute Gasteiger partial charge is 0.387 e. The Labute approximate surface area is 155 Å². The van der Waals surface area contributed by atoms with Crippen LogP contribution >= 0.6 is 0 Å². The van der Waals surface area contributed by atoms with Crippen LogP contribution in [0, 0.1) is 0 Å². The van der Waals surface area contributed by atoms with Crippen molar-refractivity contribution in [2.45, 2.75) is 20.5 Å². The number of nitrogens with zero attached hydrogens (tertiary/aromatic N) is 1. The minimum atomic E-state index is -3.03. The van der Waals surface area contributed by atoms with Crippen molar-refractivity contribution in [3.63, 3.8) is 0 Å². The first-order valence-corrected chi connectivity index (χ1v) is 8.27. The number of nitrogens with one attached hydrogen (secondary N) is 2. The zero-order valence-corrected chi connectivity index (χ0v) is 15.4. The molecule has 0 saturated carbocycles. The average Bonchev–Trinajstić information content (AvgIpc) is 2.63. The first-order valence-electron chi connectivity index (χ1n) is 8.27. The van der Waals surface area contributed by atoms with Crippen molar-refractivity contribution in [2.75, 3.05) is 33.3 Å². The molecule has 3 amide bonds. The van der Waals surface area contributed by atoms with Gasteiger partial charge in [0.2, 0.25) is 11.8 Å². The molecule has 0 aliphatic rings. The monoisotopic (exact) mass is 387 g/mol. The van der Waals surface area contributed by atoms with Crippen LogP contribution in [0.2, 0.25) is 0 Å². The molecule has 1 rings (SSSR count). The number of rotatable bonds is 10. The maximum Gasteiger partial charge on any atom is 0.387 e. The van der Waals surface area contributed by atoms with Gasteiger partial charge in [-0.25, -0.2) is 0 Å². The highest BCUT2D eigenvalue weighted by Crippen LogP contribution is 2.29. The summed E-state index contributed by atoms with van der Waals surface area (Å²) < 4.78 is 33.9. The molecule has 150 valence electrons. The van der Waals surface area contributed by atoms with E-state index in [4.69, 9.17) is 4.74 Å². The predicted molar refractivity (Wildman–Crippen MR) is 92.9 cm³/mol. The average molecular weight is 387 g/mol. The lowest BCUT2D eigenvalue weighted by Crippen LogP contribution is -2.45. The van der Waals surface area contributed by atoms with Crippen molar-refractivity contribution < 1.29 is 32.6 Å². The number of ether oxygens (including phenoxy) is 2. The molecule has 10 heteroatoms. The summed E-state index contributed by atoms with van der Waals surface area (Å²) in [4.78, 5) is 37.2. The van der Waals surface area contributed by atoms with Gasteiger partial charge in [-0.05, 0) is 32.0 Å². The van der Waals surface area contributed by atoms with Crippen molar-refractivity contribution in [1.29, 1.82) is 0 Å². The lowest BCUT2D eigenvalue weighted by atomic mass is 10.2. The van der Waals surface area contributed by atoms with Crippen molar-refractivity contribution in [1.82, 2.24) is 15.5 Å². The third-order valence-electron chi connectivity index (χ3n) is 3.48. The third-order valence-corrected chi connectivity index (χ3v) is 3.48.